The summed E-state index contributed by atoms with van der Waals surface area (Å²) in [4.78, 5) is 4.59. The highest BCUT2D eigenvalue weighted by molar-refractivity contribution is 14.0. The zero-order valence-corrected chi connectivity index (χ0v) is 20.1. The van der Waals surface area contributed by atoms with Crippen LogP contribution in [0.5, 0.6) is 0 Å². The van der Waals surface area contributed by atoms with Gasteiger partial charge in [0.05, 0.1) is 5.75 Å². The Morgan fingerprint density at radius 2 is 1.93 bits per heavy atom. The number of hydrogen-bond donors (Lipinski definition) is 2. The summed E-state index contributed by atoms with van der Waals surface area (Å²) in [5.41, 5.74) is 1.98. The van der Waals surface area contributed by atoms with E-state index in [4.69, 9.17) is 4.42 Å². The largest absolute Gasteiger partial charge is 0.459 e. The molecule has 1 heterocycles. The zero-order chi connectivity index (χ0) is 19.9. The van der Waals surface area contributed by atoms with Gasteiger partial charge >= 0.3 is 0 Å². The average Bonchev–Trinajstić information content (AvgIpc) is 2.99. The predicted molar refractivity (Wildman–Crippen MR) is 126 cm³/mol. The number of halogens is 1. The van der Waals surface area contributed by atoms with Crippen LogP contribution in [0.2, 0.25) is 0 Å². The maximum atomic E-state index is 11.8. The summed E-state index contributed by atoms with van der Waals surface area (Å²) in [6, 6.07) is 7.96. The number of nitrogens with zero attached hydrogens (tertiary/aromatic N) is 2. The number of para-hydroxylation sites is 1. The molecule has 7 nitrogen and oxygen atoms in total. The lowest BCUT2D eigenvalue weighted by Gasteiger charge is -2.16. The number of furan rings is 1. The van der Waals surface area contributed by atoms with Gasteiger partial charge < -0.3 is 15.1 Å². The molecule has 0 spiro atoms. The topological polar surface area (TPSA) is 86.9 Å². The van der Waals surface area contributed by atoms with Gasteiger partial charge in [0.25, 0.3) is 0 Å². The number of aliphatic imine (C=N–C) groups is 1. The van der Waals surface area contributed by atoms with Crippen molar-refractivity contribution in [1.29, 1.82) is 0 Å². The smallest absolute Gasteiger partial charge is 0.213 e. The van der Waals surface area contributed by atoms with Gasteiger partial charge in [-0.05, 0) is 33.3 Å². The van der Waals surface area contributed by atoms with E-state index in [0.717, 1.165) is 28.8 Å². The van der Waals surface area contributed by atoms with Gasteiger partial charge in [0.15, 0.2) is 5.96 Å². The Balaban J connectivity index is 0.00000392. The van der Waals surface area contributed by atoms with E-state index in [1.165, 1.54) is 4.31 Å². The van der Waals surface area contributed by atoms with Crippen molar-refractivity contribution in [3.8, 4) is 0 Å². The van der Waals surface area contributed by atoms with E-state index in [0.29, 0.717) is 32.0 Å². The predicted octanol–water partition coefficient (Wildman–Crippen LogP) is 3.09. The number of benzene rings is 1. The average molecular weight is 522 g/mol. The second kappa shape index (κ2) is 11.6. The standard InChI is InChI=1S/C19H30N4O3S.HI/c1-5-20-19(21-12-9-13-23(4)27(24,25)6-2)22-14-18-15(3)16-10-7-8-11-17(16)26-18;/h7-8,10-11H,5-6,9,12-14H2,1-4H3,(H2,20,21,22);1H. The Morgan fingerprint density at radius 3 is 2.57 bits per heavy atom. The minimum absolute atomic E-state index is 0. The summed E-state index contributed by atoms with van der Waals surface area (Å²) in [5.74, 6) is 1.67. The Morgan fingerprint density at radius 1 is 1.21 bits per heavy atom. The van der Waals surface area contributed by atoms with Crippen LogP contribution in [0.4, 0.5) is 0 Å². The Labute approximate surface area is 185 Å². The molecule has 158 valence electrons. The van der Waals surface area contributed by atoms with Gasteiger partial charge in [-0.25, -0.2) is 17.7 Å². The number of sulfonamides is 1. The molecule has 1 aromatic carbocycles. The number of guanidine groups is 1. The monoisotopic (exact) mass is 522 g/mol. The van der Waals surface area contributed by atoms with Crippen LogP contribution in [0, 0.1) is 6.92 Å². The zero-order valence-electron chi connectivity index (χ0n) is 17.0. The van der Waals surface area contributed by atoms with Gasteiger partial charge in [-0.2, -0.15) is 0 Å². The highest BCUT2D eigenvalue weighted by Crippen LogP contribution is 2.25. The first-order valence-electron chi connectivity index (χ1n) is 9.32. The fraction of sp³-hybridized carbons (Fsp3) is 0.526. The maximum Gasteiger partial charge on any atom is 0.213 e. The van der Waals surface area contributed by atoms with Crippen molar-refractivity contribution in [1.82, 2.24) is 14.9 Å². The fourth-order valence-electron chi connectivity index (χ4n) is 2.74. The van der Waals surface area contributed by atoms with E-state index in [-0.39, 0.29) is 29.7 Å². The minimum Gasteiger partial charge on any atom is -0.459 e. The van der Waals surface area contributed by atoms with Crippen molar-refractivity contribution in [3.05, 3.63) is 35.6 Å². The first kappa shape index (κ1) is 24.7. The number of rotatable bonds is 9. The lowest BCUT2D eigenvalue weighted by molar-refractivity contribution is 0.461. The molecule has 0 aliphatic rings. The number of hydrogen-bond acceptors (Lipinski definition) is 4. The first-order chi connectivity index (χ1) is 12.9. The molecule has 0 fully saturated rings. The van der Waals surface area contributed by atoms with Gasteiger partial charge in [0.2, 0.25) is 10.0 Å². The molecule has 9 heteroatoms. The lowest BCUT2D eigenvalue weighted by atomic mass is 10.1. The molecule has 2 aromatic rings. The van der Waals surface area contributed by atoms with Crippen molar-refractivity contribution in [3.63, 3.8) is 0 Å². The van der Waals surface area contributed by atoms with E-state index < -0.39 is 10.0 Å². The van der Waals surface area contributed by atoms with E-state index in [9.17, 15) is 8.42 Å². The minimum atomic E-state index is -3.13. The number of fused-ring (bicyclic) bond motifs is 1. The van der Waals surface area contributed by atoms with Crippen molar-refractivity contribution < 1.29 is 12.8 Å². The van der Waals surface area contributed by atoms with Gasteiger partial charge in [-0.15, -0.1) is 24.0 Å². The van der Waals surface area contributed by atoms with Gasteiger partial charge in [-0.1, -0.05) is 18.2 Å². The van der Waals surface area contributed by atoms with Crippen molar-refractivity contribution >= 4 is 50.9 Å². The SMILES string of the molecule is CCNC(=NCc1oc2ccccc2c1C)NCCCN(C)S(=O)(=O)CC.I. The molecule has 0 atom stereocenters. The van der Waals surface area contributed by atoms with E-state index in [1.54, 1.807) is 14.0 Å². The summed E-state index contributed by atoms with van der Waals surface area (Å²) in [7, 11) is -1.51. The van der Waals surface area contributed by atoms with Gasteiger partial charge in [-0.3, -0.25) is 0 Å². The molecular weight excluding hydrogens is 491 g/mol. The van der Waals surface area contributed by atoms with Gasteiger partial charge in [0.1, 0.15) is 17.9 Å². The molecule has 0 radical (unpaired) electrons. The number of nitrogens with one attached hydrogen (secondary N) is 2. The van der Waals surface area contributed by atoms with E-state index in [1.807, 2.05) is 38.1 Å². The molecule has 28 heavy (non-hydrogen) atoms. The third-order valence-corrected chi connectivity index (χ3v) is 6.31. The molecule has 0 saturated heterocycles. The van der Waals surface area contributed by atoms with Crippen LogP contribution < -0.4 is 10.6 Å². The lowest BCUT2D eigenvalue weighted by Crippen LogP contribution is -2.39. The molecule has 0 aliphatic heterocycles. The second-order valence-electron chi connectivity index (χ2n) is 6.34. The fourth-order valence-corrected chi connectivity index (χ4v) is 3.58. The molecule has 2 N–H and O–H groups in total. The third kappa shape index (κ3) is 6.63. The summed E-state index contributed by atoms with van der Waals surface area (Å²) >= 11 is 0. The van der Waals surface area contributed by atoms with Crippen LogP contribution in [0.15, 0.2) is 33.7 Å². The quantitative estimate of drug-likeness (QED) is 0.229. The first-order valence-corrected chi connectivity index (χ1v) is 10.9. The normalized spacial score (nSPS) is 12.2. The van der Waals surface area contributed by atoms with E-state index >= 15 is 0 Å². The Bertz CT molecular complexity index is 880. The summed E-state index contributed by atoms with van der Waals surface area (Å²) in [5, 5.41) is 7.56. The van der Waals surface area contributed by atoms with Crippen LogP contribution in [-0.4, -0.2) is 51.1 Å². The van der Waals surface area contributed by atoms with E-state index in [2.05, 4.69) is 15.6 Å². The van der Waals surface area contributed by atoms with Crippen molar-refractivity contribution in [2.45, 2.75) is 33.7 Å². The highest BCUT2D eigenvalue weighted by atomic mass is 127. The second-order valence-corrected chi connectivity index (χ2v) is 8.71. The maximum absolute atomic E-state index is 11.8. The molecular formula is C19H31IN4O3S. The van der Waals surface area contributed by atoms with Crippen LogP contribution >= 0.6 is 24.0 Å². The Hall–Kier alpha value is -1.33. The van der Waals surface area contributed by atoms with Crippen LogP contribution in [0.25, 0.3) is 11.0 Å². The third-order valence-electron chi connectivity index (χ3n) is 4.45. The molecule has 0 saturated carbocycles. The molecule has 0 amide bonds. The highest BCUT2D eigenvalue weighted by Gasteiger charge is 2.14. The van der Waals surface area contributed by atoms with Gasteiger partial charge in [0, 0.05) is 37.6 Å². The summed E-state index contributed by atoms with van der Waals surface area (Å²) in [6.45, 7) is 8.00. The van der Waals surface area contributed by atoms with Crippen molar-refractivity contribution in [2.24, 2.45) is 4.99 Å². The van der Waals surface area contributed by atoms with Crippen LogP contribution in [0.3, 0.4) is 0 Å². The van der Waals surface area contributed by atoms with Crippen LogP contribution in [-0.2, 0) is 16.6 Å². The summed E-state index contributed by atoms with van der Waals surface area (Å²) in [6.07, 6.45) is 0.698. The van der Waals surface area contributed by atoms with Crippen molar-refractivity contribution in [2.75, 3.05) is 32.4 Å². The molecule has 1 aromatic heterocycles. The molecule has 0 unspecified atom stereocenters. The molecule has 2 rings (SSSR count). The Kier molecular flexibility index (Phi) is 10.3. The number of aryl methyl sites for hydroxylation is 1. The van der Waals surface area contributed by atoms with Crippen LogP contribution in [0.1, 0.15) is 31.6 Å². The molecule has 0 bridgehead atoms. The summed E-state index contributed by atoms with van der Waals surface area (Å²) < 4.78 is 30.8. The molecule has 0 aliphatic carbocycles.